The number of phenolic OH excluding ortho intramolecular Hbond substituents is 1. The van der Waals surface area contributed by atoms with Gasteiger partial charge in [-0.25, -0.2) is 5.43 Å². The molecule has 0 aliphatic rings. The highest BCUT2D eigenvalue weighted by Crippen LogP contribution is 2.20. The summed E-state index contributed by atoms with van der Waals surface area (Å²) in [7, 11) is 0. The Kier molecular flexibility index (Phi) is 7.74. The molecule has 0 heterocycles. The van der Waals surface area contributed by atoms with Crippen LogP contribution in [0.1, 0.15) is 15.9 Å². The topological polar surface area (TPSA) is 120 Å². The van der Waals surface area contributed by atoms with Crippen LogP contribution >= 0.6 is 31.9 Å². The second-order valence-electron chi connectivity index (χ2n) is 6.36. The molecule has 32 heavy (non-hydrogen) atoms. The van der Waals surface area contributed by atoms with Crippen LogP contribution in [0, 0.1) is 0 Å². The third-order valence-electron chi connectivity index (χ3n) is 4.09. The molecule has 0 saturated carbocycles. The molecule has 3 aromatic carbocycles. The number of amides is 3. The summed E-state index contributed by atoms with van der Waals surface area (Å²) in [6, 6.07) is 18.0. The van der Waals surface area contributed by atoms with Crippen molar-refractivity contribution >= 4 is 67.2 Å². The van der Waals surface area contributed by atoms with Crippen LogP contribution in [0.2, 0.25) is 0 Å². The van der Waals surface area contributed by atoms with Crippen molar-refractivity contribution in [3.63, 3.8) is 0 Å². The maximum absolute atomic E-state index is 12.6. The van der Waals surface area contributed by atoms with Gasteiger partial charge in [0.05, 0.1) is 17.5 Å². The number of halogens is 2. The Bertz CT molecular complexity index is 1200. The molecule has 10 heteroatoms. The number of nitrogens with zero attached hydrogens (tertiary/aromatic N) is 1. The van der Waals surface area contributed by atoms with Crippen LogP contribution in [-0.2, 0) is 9.59 Å². The molecule has 0 radical (unpaired) electrons. The lowest BCUT2D eigenvalue weighted by atomic mass is 10.1. The highest BCUT2D eigenvalue weighted by Gasteiger charge is 2.17. The van der Waals surface area contributed by atoms with Crippen LogP contribution in [0.4, 0.5) is 11.4 Å². The minimum Gasteiger partial charge on any atom is -0.507 e. The summed E-state index contributed by atoms with van der Waals surface area (Å²) in [4.78, 5) is 37.0. The zero-order valence-corrected chi connectivity index (χ0v) is 19.5. The van der Waals surface area contributed by atoms with Crippen molar-refractivity contribution in [3.05, 3.63) is 86.8 Å². The van der Waals surface area contributed by atoms with E-state index in [1.54, 1.807) is 48.5 Å². The van der Waals surface area contributed by atoms with E-state index in [-0.39, 0.29) is 17.0 Å². The zero-order valence-electron chi connectivity index (χ0n) is 16.3. The Morgan fingerprint density at radius 1 is 0.844 bits per heavy atom. The minimum absolute atomic E-state index is 0.0404. The van der Waals surface area contributed by atoms with Gasteiger partial charge in [0.1, 0.15) is 5.75 Å². The monoisotopic (exact) mass is 558 g/mol. The summed E-state index contributed by atoms with van der Waals surface area (Å²) in [5, 5.41) is 18.6. The average Bonchev–Trinajstić information content (AvgIpc) is 2.78. The van der Waals surface area contributed by atoms with E-state index in [1.165, 1.54) is 24.4 Å². The van der Waals surface area contributed by atoms with Crippen LogP contribution < -0.4 is 16.1 Å². The Morgan fingerprint density at radius 3 is 2.28 bits per heavy atom. The number of aromatic hydroxyl groups is 1. The normalized spacial score (nSPS) is 10.6. The van der Waals surface area contributed by atoms with Gasteiger partial charge < -0.3 is 15.7 Å². The van der Waals surface area contributed by atoms with E-state index in [4.69, 9.17) is 0 Å². The van der Waals surface area contributed by atoms with Gasteiger partial charge in [-0.05, 0) is 54.6 Å². The highest BCUT2D eigenvalue weighted by molar-refractivity contribution is 9.10. The van der Waals surface area contributed by atoms with Crippen molar-refractivity contribution in [3.8, 4) is 5.75 Å². The molecule has 0 aliphatic heterocycles. The number of rotatable bonds is 5. The molecule has 3 rings (SSSR count). The van der Waals surface area contributed by atoms with Crippen LogP contribution in [0.25, 0.3) is 0 Å². The molecular formula is C22H16Br2N4O4. The Balaban J connectivity index is 1.65. The molecule has 0 bridgehead atoms. The second kappa shape index (κ2) is 10.7. The van der Waals surface area contributed by atoms with Gasteiger partial charge in [0.15, 0.2) is 0 Å². The Morgan fingerprint density at radius 2 is 1.53 bits per heavy atom. The maximum atomic E-state index is 12.6. The standard InChI is InChI=1S/C22H16Br2N4O4/c23-14-5-8-16(9-6-14)26-20(30)17-3-1-2-4-18(17)27-21(31)22(32)28-25-12-13-11-15(24)7-10-19(13)29/h1-12,29H,(H,26,30)(H,27,31)(H,28,32). The number of hydrogen-bond donors (Lipinski definition) is 4. The fourth-order valence-corrected chi connectivity index (χ4v) is 3.18. The van der Waals surface area contributed by atoms with Gasteiger partial charge in [0.25, 0.3) is 5.91 Å². The number of carbonyl (C=O) groups is 3. The SMILES string of the molecule is O=C(NN=Cc1cc(Br)ccc1O)C(=O)Nc1ccccc1C(=O)Nc1ccc(Br)cc1. The molecule has 0 atom stereocenters. The molecule has 0 fully saturated rings. The van der Waals surface area contributed by atoms with Crippen LogP contribution in [0.15, 0.2) is 80.8 Å². The van der Waals surface area contributed by atoms with Crippen molar-refractivity contribution in [1.82, 2.24) is 5.43 Å². The molecular weight excluding hydrogens is 544 g/mol. The smallest absolute Gasteiger partial charge is 0.329 e. The first-order valence-electron chi connectivity index (χ1n) is 9.12. The van der Waals surface area contributed by atoms with Crippen LogP contribution in [0.3, 0.4) is 0 Å². The summed E-state index contributed by atoms with van der Waals surface area (Å²) in [6.45, 7) is 0. The molecule has 0 spiro atoms. The van der Waals surface area contributed by atoms with Gasteiger partial charge in [-0.15, -0.1) is 0 Å². The van der Waals surface area contributed by atoms with E-state index < -0.39 is 17.7 Å². The lowest BCUT2D eigenvalue weighted by Crippen LogP contribution is -2.33. The summed E-state index contributed by atoms with van der Waals surface area (Å²) in [6.07, 6.45) is 1.20. The van der Waals surface area contributed by atoms with Crippen molar-refractivity contribution in [2.24, 2.45) is 5.10 Å². The van der Waals surface area contributed by atoms with E-state index in [0.29, 0.717) is 15.7 Å². The maximum Gasteiger partial charge on any atom is 0.329 e. The summed E-state index contributed by atoms with van der Waals surface area (Å²) in [5.74, 6) is -2.54. The largest absolute Gasteiger partial charge is 0.507 e. The molecule has 3 aromatic rings. The first-order chi connectivity index (χ1) is 15.3. The first-order valence-corrected chi connectivity index (χ1v) is 10.7. The fourth-order valence-electron chi connectivity index (χ4n) is 2.54. The third-order valence-corrected chi connectivity index (χ3v) is 5.11. The van der Waals surface area contributed by atoms with E-state index in [2.05, 4.69) is 53.0 Å². The summed E-state index contributed by atoms with van der Waals surface area (Å²) < 4.78 is 1.57. The van der Waals surface area contributed by atoms with Gasteiger partial charge in [0.2, 0.25) is 0 Å². The number of nitrogens with one attached hydrogen (secondary N) is 3. The predicted octanol–water partition coefficient (Wildman–Crippen LogP) is 4.26. The van der Waals surface area contributed by atoms with E-state index in [9.17, 15) is 19.5 Å². The van der Waals surface area contributed by atoms with Crippen molar-refractivity contribution in [1.29, 1.82) is 0 Å². The number of anilines is 2. The lowest BCUT2D eigenvalue weighted by molar-refractivity contribution is -0.136. The number of phenols is 1. The van der Waals surface area contributed by atoms with Gasteiger partial charge in [-0.3, -0.25) is 14.4 Å². The average molecular weight is 560 g/mol. The van der Waals surface area contributed by atoms with Gasteiger partial charge in [-0.2, -0.15) is 5.10 Å². The summed E-state index contributed by atoms with van der Waals surface area (Å²) in [5.41, 5.74) is 3.34. The number of hydrazone groups is 1. The second-order valence-corrected chi connectivity index (χ2v) is 8.19. The Hall–Kier alpha value is -3.50. The predicted molar refractivity (Wildman–Crippen MR) is 129 cm³/mol. The quantitative estimate of drug-likeness (QED) is 0.212. The number of para-hydroxylation sites is 1. The van der Waals surface area contributed by atoms with Crippen molar-refractivity contribution < 1.29 is 19.5 Å². The van der Waals surface area contributed by atoms with E-state index in [0.717, 1.165) is 4.47 Å². The van der Waals surface area contributed by atoms with E-state index >= 15 is 0 Å². The van der Waals surface area contributed by atoms with E-state index in [1.807, 2.05) is 0 Å². The highest BCUT2D eigenvalue weighted by atomic mass is 79.9. The first kappa shape index (κ1) is 23.2. The number of carbonyl (C=O) groups excluding carboxylic acids is 3. The van der Waals surface area contributed by atoms with Gasteiger partial charge in [-0.1, -0.05) is 44.0 Å². The number of benzene rings is 3. The molecule has 0 aliphatic carbocycles. The van der Waals surface area contributed by atoms with Crippen LogP contribution in [-0.4, -0.2) is 29.0 Å². The van der Waals surface area contributed by atoms with Crippen LogP contribution in [0.5, 0.6) is 5.75 Å². The van der Waals surface area contributed by atoms with Crippen molar-refractivity contribution in [2.45, 2.75) is 0 Å². The fraction of sp³-hybridized carbons (Fsp3) is 0. The molecule has 0 aromatic heterocycles. The third kappa shape index (κ3) is 6.25. The Labute approximate surface area is 200 Å². The molecule has 8 nitrogen and oxygen atoms in total. The molecule has 162 valence electrons. The zero-order chi connectivity index (χ0) is 23.1. The van der Waals surface area contributed by atoms with Crippen molar-refractivity contribution in [2.75, 3.05) is 10.6 Å². The van der Waals surface area contributed by atoms with Gasteiger partial charge in [0, 0.05) is 20.2 Å². The number of hydrogen-bond acceptors (Lipinski definition) is 5. The molecule has 0 saturated heterocycles. The lowest BCUT2D eigenvalue weighted by Gasteiger charge is -2.11. The summed E-state index contributed by atoms with van der Waals surface area (Å²) >= 11 is 6.58. The molecule has 0 unspecified atom stereocenters. The minimum atomic E-state index is -1.04. The van der Waals surface area contributed by atoms with Gasteiger partial charge >= 0.3 is 11.8 Å². The molecule has 4 N–H and O–H groups in total. The molecule has 3 amide bonds.